The van der Waals surface area contributed by atoms with Gasteiger partial charge in [-0.05, 0) is 34.6 Å². The van der Waals surface area contributed by atoms with Crippen LogP contribution in [0.15, 0.2) is 0 Å². The number of fused-ring (bicyclic) bond motifs is 1. The van der Waals surface area contributed by atoms with Gasteiger partial charge in [-0.3, -0.25) is 0 Å². The van der Waals surface area contributed by atoms with Crippen molar-refractivity contribution in [1.82, 2.24) is 25.3 Å². The van der Waals surface area contributed by atoms with Crippen molar-refractivity contribution in [2.75, 3.05) is 24.5 Å². The summed E-state index contributed by atoms with van der Waals surface area (Å²) in [6.07, 6.45) is 0. The van der Waals surface area contributed by atoms with Crippen LogP contribution in [0, 0.1) is 13.8 Å². The molecule has 0 aromatic carbocycles. The van der Waals surface area contributed by atoms with Crippen LogP contribution >= 0.6 is 0 Å². The number of ether oxygens (including phenoxy) is 1. The molecule has 24 heavy (non-hydrogen) atoms. The van der Waals surface area contributed by atoms with Gasteiger partial charge in [-0.1, -0.05) is 0 Å². The second kappa shape index (κ2) is 6.01. The van der Waals surface area contributed by atoms with Gasteiger partial charge in [0.05, 0.1) is 0 Å². The first-order valence-corrected chi connectivity index (χ1v) is 8.16. The zero-order valence-corrected chi connectivity index (χ0v) is 14.8. The molecule has 8 nitrogen and oxygen atoms in total. The van der Waals surface area contributed by atoms with E-state index in [-0.39, 0.29) is 5.97 Å². The minimum atomic E-state index is -0.526. The molecule has 3 rings (SSSR count). The van der Waals surface area contributed by atoms with Crippen LogP contribution in [0.1, 0.15) is 32.4 Å². The zero-order chi connectivity index (χ0) is 17.5. The third kappa shape index (κ3) is 3.33. The van der Waals surface area contributed by atoms with Crippen molar-refractivity contribution in [3.63, 3.8) is 0 Å². The molecule has 3 heterocycles. The van der Waals surface area contributed by atoms with E-state index in [9.17, 15) is 4.79 Å². The van der Waals surface area contributed by atoms with E-state index in [0.717, 1.165) is 17.9 Å². The summed E-state index contributed by atoms with van der Waals surface area (Å²) in [5.41, 5.74) is 0.854. The Hall–Kier alpha value is -2.22. The average molecular weight is 332 g/mol. The number of rotatable bonds is 2. The van der Waals surface area contributed by atoms with Crippen molar-refractivity contribution in [3.05, 3.63) is 11.6 Å². The van der Waals surface area contributed by atoms with Crippen molar-refractivity contribution in [2.24, 2.45) is 0 Å². The molecule has 0 bridgehead atoms. The highest BCUT2D eigenvalue weighted by Gasteiger charge is 2.34. The Morgan fingerprint density at radius 1 is 1.25 bits per heavy atom. The van der Waals surface area contributed by atoms with Crippen LogP contribution < -0.4 is 10.2 Å². The first-order valence-electron chi connectivity index (χ1n) is 8.16. The molecule has 0 spiro atoms. The topological polar surface area (TPSA) is 96.0 Å². The summed E-state index contributed by atoms with van der Waals surface area (Å²) in [5.74, 6) is 1.85. The number of carbonyl (C=O) groups excluding carboxylic acids is 1. The van der Waals surface area contributed by atoms with Gasteiger partial charge in [0.1, 0.15) is 28.8 Å². The molecule has 0 radical (unpaired) electrons. The lowest BCUT2D eigenvalue weighted by Crippen LogP contribution is -2.56. The lowest BCUT2D eigenvalue weighted by atomic mass is 10.1. The van der Waals surface area contributed by atoms with Crippen molar-refractivity contribution in [3.8, 4) is 0 Å². The molecule has 1 saturated heterocycles. The maximum atomic E-state index is 12.7. The van der Waals surface area contributed by atoms with Crippen LogP contribution in [-0.2, 0) is 9.53 Å². The number of carbonyl (C=O) groups is 1. The SMILES string of the molecule is Cc1nc(N2CCNCC2C(=O)OC(C)(C)C)c2[nH]c(C)nc2n1. The first kappa shape index (κ1) is 16.6. The molecule has 1 aliphatic heterocycles. The van der Waals surface area contributed by atoms with Crippen molar-refractivity contribution in [1.29, 1.82) is 0 Å². The summed E-state index contributed by atoms with van der Waals surface area (Å²) >= 11 is 0. The second-order valence-electron chi connectivity index (χ2n) is 7.06. The van der Waals surface area contributed by atoms with Gasteiger partial charge in [-0.2, -0.15) is 0 Å². The van der Waals surface area contributed by atoms with E-state index < -0.39 is 11.6 Å². The Morgan fingerprint density at radius 3 is 2.71 bits per heavy atom. The molecular formula is C16H24N6O2. The Kier molecular flexibility index (Phi) is 4.16. The zero-order valence-electron chi connectivity index (χ0n) is 14.8. The van der Waals surface area contributed by atoms with Gasteiger partial charge >= 0.3 is 5.97 Å². The quantitative estimate of drug-likeness (QED) is 0.795. The van der Waals surface area contributed by atoms with Gasteiger partial charge < -0.3 is 19.9 Å². The number of anilines is 1. The van der Waals surface area contributed by atoms with Crippen LogP contribution in [0.25, 0.3) is 11.2 Å². The second-order valence-corrected chi connectivity index (χ2v) is 7.06. The number of esters is 1. The normalized spacial score (nSPS) is 18.9. The van der Waals surface area contributed by atoms with Gasteiger partial charge in [-0.15, -0.1) is 0 Å². The predicted molar refractivity (Wildman–Crippen MR) is 91.0 cm³/mol. The number of nitrogens with zero attached hydrogens (tertiary/aromatic N) is 4. The lowest BCUT2D eigenvalue weighted by molar-refractivity contribution is -0.156. The van der Waals surface area contributed by atoms with Crippen LogP contribution in [-0.4, -0.2) is 57.2 Å². The largest absolute Gasteiger partial charge is 0.458 e. The minimum Gasteiger partial charge on any atom is -0.458 e. The molecule has 130 valence electrons. The average Bonchev–Trinajstić information content (AvgIpc) is 2.84. The molecule has 0 aliphatic carbocycles. The summed E-state index contributed by atoms with van der Waals surface area (Å²) in [5, 5.41) is 3.26. The number of aromatic amines is 1. The van der Waals surface area contributed by atoms with Crippen LogP contribution in [0.5, 0.6) is 0 Å². The Balaban J connectivity index is 2.01. The summed E-state index contributed by atoms with van der Waals surface area (Å²) in [6.45, 7) is 11.3. The Bertz CT molecular complexity index is 764. The van der Waals surface area contributed by atoms with E-state index in [0.29, 0.717) is 30.4 Å². The summed E-state index contributed by atoms with van der Waals surface area (Å²) in [6, 6.07) is -0.431. The van der Waals surface area contributed by atoms with E-state index in [1.54, 1.807) is 0 Å². The smallest absolute Gasteiger partial charge is 0.330 e. The summed E-state index contributed by atoms with van der Waals surface area (Å²) in [4.78, 5) is 31.2. The lowest BCUT2D eigenvalue weighted by Gasteiger charge is -2.37. The Labute approximate surface area is 141 Å². The highest BCUT2D eigenvalue weighted by Crippen LogP contribution is 2.25. The summed E-state index contributed by atoms with van der Waals surface area (Å²) in [7, 11) is 0. The van der Waals surface area contributed by atoms with Gasteiger partial charge in [0.25, 0.3) is 0 Å². The molecule has 0 amide bonds. The van der Waals surface area contributed by atoms with E-state index in [1.807, 2.05) is 39.5 Å². The minimum absolute atomic E-state index is 0.254. The molecular weight excluding hydrogens is 308 g/mol. The molecule has 1 aliphatic rings. The Morgan fingerprint density at radius 2 is 2.00 bits per heavy atom. The third-order valence-electron chi connectivity index (χ3n) is 3.76. The number of hydrogen-bond acceptors (Lipinski definition) is 7. The molecule has 0 saturated carbocycles. The first-order chi connectivity index (χ1) is 11.2. The fraction of sp³-hybridized carbons (Fsp3) is 0.625. The van der Waals surface area contributed by atoms with E-state index in [2.05, 4.69) is 25.3 Å². The maximum Gasteiger partial charge on any atom is 0.330 e. The molecule has 1 unspecified atom stereocenters. The number of piperazine rings is 1. The van der Waals surface area contributed by atoms with Crippen molar-refractivity contribution in [2.45, 2.75) is 46.3 Å². The highest BCUT2D eigenvalue weighted by molar-refractivity contribution is 5.88. The van der Waals surface area contributed by atoms with Crippen LogP contribution in [0.3, 0.4) is 0 Å². The van der Waals surface area contributed by atoms with E-state index in [4.69, 9.17) is 4.74 Å². The van der Waals surface area contributed by atoms with Gasteiger partial charge in [0.15, 0.2) is 11.5 Å². The van der Waals surface area contributed by atoms with Crippen LogP contribution in [0.4, 0.5) is 5.82 Å². The monoisotopic (exact) mass is 332 g/mol. The van der Waals surface area contributed by atoms with E-state index >= 15 is 0 Å². The van der Waals surface area contributed by atoms with Crippen molar-refractivity contribution >= 4 is 23.0 Å². The molecule has 8 heteroatoms. The van der Waals surface area contributed by atoms with Gasteiger partial charge in [0, 0.05) is 19.6 Å². The molecule has 1 fully saturated rings. The number of aryl methyl sites for hydroxylation is 2. The fourth-order valence-corrected chi connectivity index (χ4v) is 2.85. The number of nitrogens with one attached hydrogen (secondary N) is 2. The standard InChI is InChI=1S/C16H24N6O2/c1-9-18-12-13(19-9)20-10(2)21-14(12)22-7-6-17-8-11(22)15(23)24-16(3,4)5/h11,17H,6-8H2,1-5H3,(H,18,19,20,21). The highest BCUT2D eigenvalue weighted by atomic mass is 16.6. The maximum absolute atomic E-state index is 12.7. The van der Waals surface area contributed by atoms with Gasteiger partial charge in [-0.25, -0.2) is 19.7 Å². The number of hydrogen-bond donors (Lipinski definition) is 2. The fourth-order valence-electron chi connectivity index (χ4n) is 2.85. The third-order valence-corrected chi connectivity index (χ3v) is 3.76. The predicted octanol–water partition coefficient (Wildman–Crippen LogP) is 1.09. The molecule has 2 N–H and O–H groups in total. The number of H-pyrrole nitrogens is 1. The molecule has 1 atom stereocenters. The van der Waals surface area contributed by atoms with Gasteiger partial charge in [0.2, 0.25) is 0 Å². The van der Waals surface area contributed by atoms with E-state index in [1.165, 1.54) is 0 Å². The molecule has 2 aromatic rings. The number of aromatic nitrogens is 4. The van der Waals surface area contributed by atoms with Crippen molar-refractivity contribution < 1.29 is 9.53 Å². The van der Waals surface area contributed by atoms with Crippen LogP contribution in [0.2, 0.25) is 0 Å². The number of imidazole rings is 1. The summed E-state index contributed by atoms with van der Waals surface area (Å²) < 4.78 is 5.59. The molecule has 2 aromatic heterocycles.